The Labute approximate surface area is 282 Å². The molecule has 9 atom stereocenters. The summed E-state index contributed by atoms with van der Waals surface area (Å²) in [5.41, 5.74) is 5.39. The number of carbonyl (C=O) groups is 1. The molecule has 4 nitrogen and oxygen atoms in total. The molecule has 250 valence electrons. The number of fused-ring (bicyclic) bond motifs is 7. The minimum atomic E-state index is -0.853. The Morgan fingerprint density at radius 3 is 2.35 bits per heavy atom. The number of hydrogen-bond acceptors (Lipinski definition) is 4. The number of aryl methyl sites for hydroxylation is 1. The fourth-order valence-electron chi connectivity index (χ4n) is 13.2. The van der Waals surface area contributed by atoms with Crippen LogP contribution < -0.4 is 5.32 Å². The van der Waals surface area contributed by atoms with E-state index in [9.17, 15) is 9.90 Å². The molecule has 0 spiro atoms. The Morgan fingerprint density at radius 1 is 0.957 bits per heavy atom. The van der Waals surface area contributed by atoms with Gasteiger partial charge in [-0.3, -0.25) is 0 Å². The fourth-order valence-corrected chi connectivity index (χ4v) is 14.1. The number of nitrogens with one attached hydrogen (secondary N) is 1. The SMILES string of the molecule is CCc1csc(N[C@]23CC[C@@H](C(C)C)C2[C@H]2CCC4[C@@]5(C)CC=C(c6ccc(C(=O)O)cc6)C(C)(C)C5CC[C@@]4(C)[C@]2(C)CC3)n1. The lowest BCUT2D eigenvalue weighted by Gasteiger charge is -2.72. The summed E-state index contributed by atoms with van der Waals surface area (Å²) >= 11 is 1.83. The van der Waals surface area contributed by atoms with Crippen molar-refractivity contribution in [1.29, 1.82) is 0 Å². The van der Waals surface area contributed by atoms with Gasteiger partial charge in [0.05, 0.1) is 11.3 Å². The molecule has 7 rings (SSSR count). The minimum absolute atomic E-state index is 0.0434. The zero-order chi connectivity index (χ0) is 32.9. The van der Waals surface area contributed by atoms with Crippen LogP contribution in [0.1, 0.15) is 135 Å². The number of aromatic carboxylic acids is 1. The van der Waals surface area contributed by atoms with Crippen LogP contribution in [0.3, 0.4) is 0 Å². The summed E-state index contributed by atoms with van der Waals surface area (Å²) in [4.78, 5) is 16.6. The van der Waals surface area contributed by atoms with Gasteiger partial charge in [-0.2, -0.15) is 0 Å². The van der Waals surface area contributed by atoms with Crippen LogP contribution in [0.25, 0.3) is 5.57 Å². The van der Waals surface area contributed by atoms with E-state index in [0.29, 0.717) is 34.1 Å². The number of allylic oxidation sites excluding steroid dienone is 2. The van der Waals surface area contributed by atoms with E-state index in [4.69, 9.17) is 4.98 Å². The number of thiazole rings is 1. The molecule has 4 fully saturated rings. The van der Waals surface area contributed by atoms with Gasteiger partial charge in [0.2, 0.25) is 0 Å². The van der Waals surface area contributed by atoms with Gasteiger partial charge in [0.25, 0.3) is 0 Å². The normalized spacial score (nSPS) is 41.2. The highest BCUT2D eigenvalue weighted by Gasteiger charge is 2.70. The van der Waals surface area contributed by atoms with Crippen molar-refractivity contribution in [1.82, 2.24) is 4.98 Å². The predicted octanol–water partition coefficient (Wildman–Crippen LogP) is 11.0. The van der Waals surface area contributed by atoms with Crippen molar-refractivity contribution in [3.63, 3.8) is 0 Å². The Kier molecular flexibility index (Phi) is 7.71. The molecule has 1 heterocycles. The first-order valence-electron chi connectivity index (χ1n) is 18.5. The van der Waals surface area contributed by atoms with E-state index >= 15 is 0 Å². The predicted molar refractivity (Wildman–Crippen MR) is 191 cm³/mol. The molecule has 2 aromatic rings. The lowest BCUT2D eigenvalue weighted by Crippen LogP contribution is -2.67. The molecule has 5 aliphatic rings. The molecule has 0 aliphatic heterocycles. The van der Waals surface area contributed by atoms with E-state index in [-0.39, 0.29) is 16.4 Å². The maximum atomic E-state index is 11.5. The number of aromatic nitrogens is 1. The van der Waals surface area contributed by atoms with Crippen molar-refractivity contribution >= 4 is 28.0 Å². The van der Waals surface area contributed by atoms with Gasteiger partial charge in [-0.1, -0.05) is 73.6 Å². The second-order valence-electron chi connectivity index (χ2n) is 17.8. The first kappa shape index (κ1) is 32.4. The lowest BCUT2D eigenvalue weighted by atomic mass is 9.33. The van der Waals surface area contributed by atoms with Gasteiger partial charge in [0.15, 0.2) is 5.13 Å². The number of carboxylic acid groups (broad SMARTS) is 1. The van der Waals surface area contributed by atoms with Crippen LogP contribution in [-0.2, 0) is 6.42 Å². The maximum absolute atomic E-state index is 11.5. The van der Waals surface area contributed by atoms with Gasteiger partial charge < -0.3 is 10.4 Å². The van der Waals surface area contributed by atoms with Crippen LogP contribution >= 0.6 is 11.3 Å². The third-order valence-corrected chi connectivity index (χ3v) is 16.4. The van der Waals surface area contributed by atoms with Crippen LogP contribution in [-0.4, -0.2) is 21.6 Å². The van der Waals surface area contributed by atoms with Gasteiger partial charge >= 0.3 is 5.97 Å². The van der Waals surface area contributed by atoms with Crippen molar-refractivity contribution in [2.45, 2.75) is 125 Å². The first-order chi connectivity index (χ1) is 21.7. The number of anilines is 1. The van der Waals surface area contributed by atoms with Gasteiger partial charge in [0, 0.05) is 10.9 Å². The van der Waals surface area contributed by atoms with E-state index in [1.807, 2.05) is 23.5 Å². The maximum Gasteiger partial charge on any atom is 0.335 e. The summed E-state index contributed by atoms with van der Waals surface area (Å²) in [6.07, 6.45) is 15.3. The van der Waals surface area contributed by atoms with Gasteiger partial charge in [-0.15, -0.1) is 11.3 Å². The fraction of sp³-hybridized carbons (Fsp3) is 0.707. The number of rotatable bonds is 6. The highest BCUT2D eigenvalue weighted by Crippen LogP contribution is 2.77. The van der Waals surface area contributed by atoms with E-state index in [1.165, 1.54) is 68.2 Å². The Morgan fingerprint density at radius 2 is 1.70 bits per heavy atom. The van der Waals surface area contributed by atoms with Crippen molar-refractivity contribution in [2.75, 3.05) is 5.32 Å². The molecule has 3 unspecified atom stereocenters. The minimum Gasteiger partial charge on any atom is -0.478 e. The third-order valence-electron chi connectivity index (χ3n) is 15.6. The molecule has 0 radical (unpaired) electrons. The van der Waals surface area contributed by atoms with E-state index in [2.05, 4.69) is 72.2 Å². The molecular weight excluding hydrogens is 585 g/mol. The summed E-state index contributed by atoms with van der Waals surface area (Å²) < 4.78 is 0. The molecule has 46 heavy (non-hydrogen) atoms. The first-order valence-corrected chi connectivity index (χ1v) is 19.3. The topological polar surface area (TPSA) is 62.2 Å². The highest BCUT2D eigenvalue weighted by molar-refractivity contribution is 7.13. The van der Waals surface area contributed by atoms with Crippen molar-refractivity contribution in [3.8, 4) is 0 Å². The zero-order valence-electron chi connectivity index (χ0n) is 29.7. The summed E-state index contributed by atoms with van der Waals surface area (Å²) in [6, 6.07) is 7.65. The average Bonchev–Trinajstić information content (AvgIpc) is 3.62. The molecule has 0 amide bonds. The largest absolute Gasteiger partial charge is 0.478 e. The average molecular weight is 643 g/mol. The number of benzene rings is 1. The number of nitrogens with zero attached hydrogens (tertiary/aromatic N) is 1. The molecule has 5 aliphatic carbocycles. The van der Waals surface area contributed by atoms with E-state index < -0.39 is 5.97 Å². The highest BCUT2D eigenvalue weighted by atomic mass is 32.1. The standard InChI is InChI=1S/C41H58N2O2S/c1-9-28-24-46-36(42-28)43-41-21-16-29(25(2)3)34(41)31-14-15-33-38(6)19-17-30(26-10-12-27(13-11-26)35(44)45)37(4,5)32(38)18-20-40(33,8)39(31,7)22-23-41/h10-13,17,24-25,29,31-34H,9,14-16,18-23H2,1-8H3,(H,42,43)(H,44,45)/t29-,31+,32?,33?,34?,38-,39+,40+,41-/m0/s1. The van der Waals surface area contributed by atoms with E-state index in [1.54, 1.807) is 12.1 Å². The molecule has 5 heteroatoms. The van der Waals surface area contributed by atoms with Crippen molar-refractivity contribution in [2.24, 2.45) is 57.2 Å². The third kappa shape index (κ3) is 4.48. The van der Waals surface area contributed by atoms with Crippen LogP contribution in [0.15, 0.2) is 35.7 Å². The van der Waals surface area contributed by atoms with Crippen molar-refractivity contribution < 1.29 is 9.90 Å². The second kappa shape index (κ2) is 10.9. The quantitative estimate of drug-likeness (QED) is 0.329. The molecular formula is C41H58N2O2S. The second-order valence-corrected chi connectivity index (χ2v) is 18.7. The Bertz CT molecular complexity index is 1520. The monoisotopic (exact) mass is 642 g/mol. The van der Waals surface area contributed by atoms with Gasteiger partial charge in [-0.25, -0.2) is 9.78 Å². The zero-order valence-corrected chi connectivity index (χ0v) is 30.5. The summed E-state index contributed by atoms with van der Waals surface area (Å²) in [6.45, 7) is 20.3. The molecule has 2 N–H and O–H groups in total. The molecule has 0 bridgehead atoms. The van der Waals surface area contributed by atoms with Gasteiger partial charge in [0.1, 0.15) is 0 Å². The molecule has 1 aromatic heterocycles. The molecule has 4 saturated carbocycles. The number of carboxylic acids is 1. The summed E-state index contributed by atoms with van der Waals surface area (Å²) in [5, 5.41) is 17.1. The van der Waals surface area contributed by atoms with Crippen LogP contribution in [0, 0.1) is 57.2 Å². The van der Waals surface area contributed by atoms with Gasteiger partial charge in [-0.05, 0) is 145 Å². The van der Waals surface area contributed by atoms with Crippen LogP contribution in [0.4, 0.5) is 5.13 Å². The summed E-state index contributed by atoms with van der Waals surface area (Å²) in [7, 11) is 0. The molecule has 0 saturated heterocycles. The van der Waals surface area contributed by atoms with Crippen LogP contribution in [0.2, 0.25) is 0 Å². The van der Waals surface area contributed by atoms with E-state index in [0.717, 1.165) is 35.7 Å². The number of hydrogen-bond donors (Lipinski definition) is 2. The smallest absolute Gasteiger partial charge is 0.335 e. The van der Waals surface area contributed by atoms with Crippen molar-refractivity contribution in [3.05, 3.63) is 52.5 Å². The Balaban J connectivity index is 1.22. The Hall–Kier alpha value is -2.14. The summed E-state index contributed by atoms with van der Waals surface area (Å²) in [5.74, 6) is 3.45. The van der Waals surface area contributed by atoms with Crippen LogP contribution in [0.5, 0.6) is 0 Å². The lowest BCUT2D eigenvalue weighted by molar-refractivity contribution is -0.218. The molecule has 1 aromatic carbocycles.